The smallest absolute Gasteiger partial charge is 0.227 e. The van der Waals surface area contributed by atoms with Crippen molar-refractivity contribution in [1.82, 2.24) is 10.1 Å². The predicted octanol–water partition coefficient (Wildman–Crippen LogP) is 4.64. The van der Waals surface area contributed by atoms with E-state index >= 15 is 0 Å². The molecule has 5 nitrogen and oxygen atoms in total. The number of nitrogens with one attached hydrogen (secondary N) is 1. The molecule has 1 amide bonds. The van der Waals surface area contributed by atoms with Gasteiger partial charge in [0, 0.05) is 23.8 Å². The van der Waals surface area contributed by atoms with Crippen LogP contribution in [-0.2, 0) is 11.2 Å². The van der Waals surface area contributed by atoms with E-state index < -0.39 is 0 Å². The molecule has 3 aromatic rings. The van der Waals surface area contributed by atoms with E-state index in [9.17, 15) is 4.79 Å². The maximum Gasteiger partial charge on any atom is 0.227 e. The van der Waals surface area contributed by atoms with Gasteiger partial charge in [-0.3, -0.25) is 4.79 Å². The van der Waals surface area contributed by atoms with Crippen LogP contribution in [0.5, 0.6) is 0 Å². The minimum atomic E-state index is -0.140. The summed E-state index contributed by atoms with van der Waals surface area (Å²) in [4.78, 5) is 16.5. The Morgan fingerprint density at radius 3 is 2.92 bits per heavy atom. The average molecular weight is 362 g/mol. The first-order valence-corrected chi connectivity index (χ1v) is 8.77. The van der Waals surface area contributed by atoms with Crippen LogP contribution in [0.1, 0.15) is 23.4 Å². The van der Waals surface area contributed by atoms with E-state index in [2.05, 4.69) is 15.5 Å². The largest absolute Gasteiger partial charge is 0.339 e. The Balaban J connectivity index is 1.60. The Morgan fingerprint density at radius 2 is 2.21 bits per heavy atom. The number of thiophene rings is 1. The van der Waals surface area contributed by atoms with Crippen LogP contribution in [0.3, 0.4) is 0 Å². The molecule has 7 heteroatoms. The number of rotatable bonds is 5. The molecule has 2 aromatic heterocycles. The number of nitrogens with zero attached hydrogens (tertiary/aromatic N) is 2. The molecule has 3 rings (SSSR count). The molecular formula is C17H16ClN3O2S. The molecule has 0 aliphatic rings. The minimum Gasteiger partial charge on any atom is -0.339 e. The molecule has 0 aliphatic carbocycles. The predicted molar refractivity (Wildman–Crippen MR) is 95.5 cm³/mol. The zero-order chi connectivity index (χ0) is 17.1. The second-order valence-corrected chi connectivity index (χ2v) is 6.70. The van der Waals surface area contributed by atoms with Crippen molar-refractivity contribution in [2.24, 2.45) is 0 Å². The number of carbonyl (C=O) groups excluding carboxylic acids is 1. The number of aromatic nitrogens is 2. The summed E-state index contributed by atoms with van der Waals surface area (Å²) in [5, 5.41) is 11.2. The van der Waals surface area contributed by atoms with Gasteiger partial charge >= 0.3 is 0 Å². The summed E-state index contributed by atoms with van der Waals surface area (Å²) in [6, 6.07) is 5.73. The molecule has 0 fully saturated rings. The van der Waals surface area contributed by atoms with Crippen LogP contribution in [0, 0.1) is 13.8 Å². The lowest BCUT2D eigenvalue weighted by molar-refractivity contribution is -0.116. The highest BCUT2D eigenvalue weighted by Gasteiger charge is 2.13. The van der Waals surface area contributed by atoms with Gasteiger partial charge in [-0.2, -0.15) is 16.3 Å². The van der Waals surface area contributed by atoms with Gasteiger partial charge in [-0.1, -0.05) is 22.8 Å². The first-order chi connectivity index (χ1) is 11.5. The van der Waals surface area contributed by atoms with Crippen molar-refractivity contribution in [2.75, 3.05) is 5.32 Å². The highest BCUT2D eigenvalue weighted by molar-refractivity contribution is 7.08. The summed E-state index contributed by atoms with van der Waals surface area (Å²) < 4.78 is 5.19. The van der Waals surface area contributed by atoms with Gasteiger partial charge in [0.2, 0.25) is 17.6 Å². The average Bonchev–Trinajstić information content (AvgIpc) is 3.19. The standard InChI is InChI=1S/C17H16ClN3O2S/c1-10-7-11(2)16(13(18)8-10)19-14(22)3-4-15-20-17(21-23-15)12-5-6-24-9-12/h5-9H,3-4H2,1-2H3,(H,19,22). The highest BCUT2D eigenvalue weighted by Crippen LogP contribution is 2.27. The number of hydrogen-bond acceptors (Lipinski definition) is 5. The molecule has 24 heavy (non-hydrogen) atoms. The molecule has 0 unspecified atom stereocenters. The maximum absolute atomic E-state index is 12.2. The lowest BCUT2D eigenvalue weighted by Crippen LogP contribution is -2.13. The molecule has 0 radical (unpaired) electrons. The van der Waals surface area contributed by atoms with E-state index in [4.69, 9.17) is 16.1 Å². The van der Waals surface area contributed by atoms with E-state index in [1.54, 1.807) is 11.3 Å². The fourth-order valence-corrected chi connectivity index (χ4v) is 3.36. The fourth-order valence-electron chi connectivity index (χ4n) is 2.36. The topological polar surface area (TPSA) is 68.0 Å². The van der Waals surface area contributed by atoms with Crippen LogP contribution in [0.4, 0.5) is 5.69 Å². The van der Waals surface area contributed by atoms with Crippen LogP contribution in [-0.4, -0.2) is 16.0 Å². The molecule has 0 saturated heterocycles. The van der Waals surface area contributed by atoms with Crippen molar-refractivity contribution in [3.8, 4) is 11.4 Å². The van der Waals surface area contributed by atoms with E-state index in [1.165, 1.54) is 0 Å². The number of hydrogen-bond donors (Lipinski definition) is 1. The highest BCUT2D eigenvalue weighted by atomic mass is 35.5. The van der Waals surface area contributed by atoms with Crippen molar-refractivity contribution in [3.05, 3.63) is 51.0 Å². The van der Waals surface area contributed by atoms with Gasteiger partial charge in [-0.05, 0) is 42.5 Å². The molecule has 0 spiro atoms. The van der Waals surface area contributed by atoms with Crippen molar-refractivity contribution < 1.29 is 9.32 Å². The number of halogens is 1. The molecule has 0 bridgehead atoms. The Hall–Kier alpha value is -2.18. The number of amides is 1. The van der Waals surface area contributed by atoms with E-state index in [0.29, 0.717) is 28.8 Å². The number of aryl methyl sites for hydroxylation is 3. The first-order valence-electron chi connectivity index (χ1n) is 7.44. The van der Waals surface area contributed by atoms with Gasteiger partial charge in [0.15, 0.2) is 0 Å². The van der Waals surface area contributed by atoms with E-state index in [-0.39, 0.29) is 12.3 Å². The summed E-state index contributed by atoms with van der Waals surface area (Å²) in [6.07, 6.45) is 0.625. The van der Waals surface area contributed by atoms with Gasteiger partial charge in [-0.25, -0.2) is 0 Å². The zero-order valence-corrected chi connectivity index (χ0v) is 14.9. The van der Waals surface area contributed by atoms with Crippen molar-refractivity contribution in [1.29, 1.82) is 0 Å². The van der Waals surface area contributed by atoms with Crippen LogP contribution in [0.2, 0.25) is 5.02 Å². The molecule has 0 saturated carbocycles. The SMILES string of the molecule is Cc1cc(C)c(NC(=O)CCc2nc(-c3ccsc3)no2)c(Cl)c1. The second kappa shape index (κ2) is 7.15. The summed E-state index contributed by atoms with van der Waals surface area (Å²) in [7, 11) is 0. The van der Waals surface area contributed by atoms with E-state index in [1.807, 2.05) is 42.8 Å². The zero-order valence-electron chi connectivity index (χ0n) is 13.3. The Kier molecular flexibility index (Phi) is 4.97. The van der Waals surface area contributed by atoms with Gasteiger partial charge in [0.1, 0.15) is 0 Å². The number of anilines is 1. The third-order valence-corrected chi connectivity index (χ3v) is 4.49. The quantitative estimate of drug-likeness (QED) is 0.718. The van der Waals surface area contributed by atoms with Crippen molar-refractivity contribution in [3.63, 3.8) is 0 Å². The first kappa shape index (κ1) is 16.7. The molecule has 0 atom stereocenters. The summed E-state index contributed by atoms with van der Waals surface area (Å²) >= 11 is 7.77. The summed E-state index contributed by atoms with van der Waals surface area (Å²) in [6.45, 7) is 3.88. The normalized spacial score (nSPS) is 10.8. The van der Waals surface area contributed by atoms with Gasteiger partial charge in [0.05, 0.1) is 10.7 Å². The van der Waals surface area contributed by atoms with Gasteiger partial charge < -0.3 is 9.84 Å². The fraction of sp³-hybridized carbons (Fsp3) is 0.235. The van der Waals surface area contributed by atoms with Crippen molar-refractivity contribution in [2.45, 2.75) is 26.7 Å². The van der Waals surface area contributed by atoms with Crippen LogP contribution in [0.25, 0.3) is 11.4 Å². The Labute approximate surface area is 148 Å². The molecule has 124 valence electrons. The lowest BCUT2D eigenvalue weighted by atomic mass is 10.1. The third-order valence-electron chi connectivity index (χ3n) is 3.51. The Bertz CT molecular complexity index is 836. The van der Waals surface area contributed by atoms with Crippen LogP contribution < -0.4 is 5.32 Å². The lowest BCUT2D eigenvalue weighted by Gasteiger charge is -2.11. The minimum absolute atomic E-state index is 0.140. The summed E-state index contributed by atoms with van der Waals surface area (Å²) in [5.74, 6) is 0.848. The molecule has 0 aliphatic heterocycles. The van der Waals surface area contributed by atoms with Gasteiger partial charge in [-0.15, -0.1) is 0 Å². The molecule has 2 heterocycles. The third kappa shape index (κ3) is 3.83. The van der Waals surface area contributed by atoms with Crippen LogP contribution in [0.15, 0.2) is 33.5 Å². The second-order valence-electron chi connectivity index (χ2n) is 5.51. The summed E-state index contributed by atoms with van der Waals surface area (Å²) in [5.41, 5.74) is 3.56. The molecular weight excluding hydrogens is 346 g/mol. The monoisotopic (exact) mass is 361 g/mol. The van der Waals surface area contributed by atoms with Gasteiger partial charge in [0.25, 0.3) is 0 Å². The number of benzene rings is 1. The maximum atomic E-state index is 12.2. The molecule has 1 aromatic carbocycles. The molecule has 1 N–H and O–H groups in total. The van der Waals surface area contributed by atoms with Crippen LogP contribution >= 0.6 is 22.9 Å². The Morgan fingerprint density at radius 1 is 1.38 bits per heavy atom. The van der Waals surface area contributed by atoms with Crippen molar-refractivity contribution >= 4 is 34.5 Å². The number of carbonyl (C=O) groups is 1. The van der Waals surface area contributed by atoms with E-state index in [0.717, 1.165) is 16.7 Å².